The molecule has 0 amide bonds. The molecule has 0 bridgehead atoms. The highest BCUT2D eigenvalue weighted by atomic mass is 32.1. The molecule has 1 saturated carbocycles. The number of thiophene rings is 1. The molecule has 1 aromatic carbocycles. The van der Waals surface area contributed by atoms with E-state index in [1.54, 1.807) is 17.4 Å². The number of nitrogens with zero attached hydrogens (tertiary/aromatic N) is 1. The molecular formula is C15H15F2NS. The van der Waals surface area contributed by atoms with Crippen molar-refractivity contribution in [2.24, 2.45) is 0 Å². The van der Waals surface area contributed by atoms with E-state index in [-0.39, 0.29) is 0 Å². The van der Waals surface area contributed by atoms with Crippen LogP contribution in [0.25, 0.3) is 0 Å². The minimum Gasteiger partial charge on any atom is -0.291 e. The molecular weight excluding hydrogens is 264 g/mol. The van der Waals surface area contributed by atoms with Crippen molar-refractivity contribution < 1.29 is 8.78 Å². The first kappa shape index (κ1) is 12.8. The molecule has 0 atom stereocenters. The molecule has 0 N–H and O–H groups in total. The number of halogens is 2. The standard InChI is InChI=1S/C15H15F2NS/c16-14-6-3-11(8-15(14)17)9-18(12-4-5-12)10-13-2-1-7-19-13/h1-3,6-8,12H,4-5,9-10H2. The molecule has 1 aromatic heterocycles. The highest BCUT2D eigenvalue weighted by Gasteiger charge is 2.29. The average Bonchev–Trinajstić information content (AvgIpc) is 3.12. The Kier molecular flexibility index (Phi) is 3.62. The second kappa shape index (κ2) is 5.39. The molecule has 2 aromatic rings. The van der Waals surface area contributed by atoms with Crippen LogP contribution in [0.4, 0.5) is 8.78 Å². The van der Waals surface area contributed by atoms with Crippen LogP contribution >= 0.6 is 11.3 Å². The Bertz CT molecular complexity index is 549. The van der Waals surface area contributed by atoms with E-state index in [0.717, 1.165) is 12.1 Å². The number of rotatable bonds is 5. The molecule has 100 valence electrons. The lowest BCUT2D eigenvalue weighted by molar-refractivity contribution is 0.247. The lowest BCUT2D eigenvalue weighted by Gasteiger charge is -2.21. The average molecular weight is 279 g/mol. The van der Waals surface area contributed by atoms with E-state index in [4.69, 9.17) is 0 Å². The zero-order chi connectivity index (χ0) is 13.2. The minimum absolute atomic E-state index is 0.593. The molecule has 0 spiro atoms. The predicted molar refractivity (Wildman–Crippen MR) is 72.9 cm³/mol. The van der Waals surface area contributed by atoms with Crippen molar-refractivity contribution >= 4 is 11.3 Å². The fourth-order valence-corrected chi connectivity index (χ4v) is 2.96. The van der Waals surface area contributed by atoms with E-state index in [0.29, 0.717) is 12.6 Å². The van der Waals surface area contributed by atoms with Gasteiger partial charge in [0.25, 0.3) is 0 Å². The third-order valence-corrected chi connectivity index (χ3v) is 4.23. The van der Waals surface area contributed by atoms with Gasteiger partial charge in [-0.1, -0.05) is 12.1 Å². The summed E-state index contributed by atoms with van der Waals surface area (Å²) in [6.07, 6.45) is 2.41. The van der Waals surface area contributed by atoms with Crippen LogP contribution in [0.5, 0.6) is 0 Å². The van der Waals surface area contributed by atoms with Gasteiger partial charge in [0.15, 0.2) is 11.6 Å². The van der Waals surface area contributed by atoms with Crippen LogP contribution in [0.15, 0.2) is 35.7 Å². The lowest BCUT2D eigenvalue weighted by Crippen LogP contribution is -2.24. The highest BCUT2D eigenvalue weighted by molar-refractivity contribution is 7.09. The van der Waals surface area contributed by atoms with Gasteiger partial charge in [0, 0.05) is 24.0 Å². The summed E-state index contributed by atoms with van der Waals surface area (Å²) in [7, 11) is 0. The van der Waals surface area contributed by atoms with Gasteiger partial charge in [-0.3, -0.25) is 4.90 Å². The van der Waals surface area contributed by atoms with E-state index in [1.165, 1.54) is 29.9 Å². The summed E-state index contributed by atoms with van der Waals surface area (Å²) in [6, 6.07) is 8.94. The van der Waals surface area contributed by atoms with Gasteiger partial charge in [-0.25, -0.2) is 8.78 Å². The second-order valence-corrected chi connectivity index (χ2v) is 6.00. The van der Waals surface area contributed by atoms with Gasteiger partial charge >= 0.3 is 0 Å². The molecule has 1 nitrogen and oxygen atoms in total. The molecule has 1 aliphatic rings. The zero-order valence-electron chi connectivity index (χ0n) is 10.5. The van der Waals surface area contributed by atoms with E-state index < -0.39 is 11.6 Å². The molecule has 19 heavy (non-hydrogen) atoms. The molecule has 3 rings (SSSR count). The van der Waals surface area contributed by atoms with E-state index in [2.05, 4.69) is 16.3 Å². The van der Waals surface area contributed by atoms with Crippen molar-refractivity contribution in [3.8, 4) is 0 Å². The molecule has 1 fully saturated rings. The SMILES string of the molecule is Fc1ccc(CN(Cc2cccs2)C2CC2)cc1F. The maximum atomic E-state index is 13.2. The monoisotopic (exact) mass is 279 g/mol. The molecule has 1 aliphatic carbocycles. The summed E-state index contributed by atoms with van der Waals surface area (Å²) in [5, 5.41) is 2.07. The fourth-order valence-electron chi connectivity index (χ4n) is 2.23. The van der Waals surface area contributed by atoms with E-state index in [9.17, 15) is 8.78 Å². The summed E-state index contributed by atoms with van der Waals surface area (Å²) < 4.78 is 26.2. The third kappa shape index (κ3) is 3.19. The summed E-state index contributed by atoms with van der Waals surface area (Å²) in [5.41, 5.74) is 0.836. The van der Waals surface area contributed by atoms with Crippen LogP contribution < -0.4 is 0 Å². The second-order valence-electron chi connectivity index (χ2n) is 4.96. The normalized spacial score (nSPS) is 15.1. The van der Waals surface area contributed by atoms with Crippen LogP contribution in [0.2, 0.25) is 0 Å². The Hall–Kier alpha value is -1.26. The number of hydrogen-bond acceptors (Lipinski definition) is 2. The maximum absolute atomic E-state index is 13.2. The zero-order valence-corrected chi connectivity index (χ0v) is 11.3. The quantitative estimate of drug-likeness (QED) is 0.793. The summed E-state index contributed by atoms with van der Waals surface area (Å²) >= 11 is 1.74. The van der Waals surface area contributed by atoms with Gasteiger partial charge in [0.05, 0.1) is 0 Å². The molecule has 0 saturated heterocycles. The van der Waals surface area contributed by atoms with Gasteiger partial charge < -0.3 is 0 Å². The van der Waals surface area contributed by atoms with Crippen LogP contribution in [-0.4, -0.2) is 10.9 Å². The van der Waals surface area contributed by atoms with Crippen LogP contribution in [-0.2, 0) is 13.1 Å². The predicted octanol–water partition coefficient (Wildman–Crippen LogP) is 4.19. The smallest absolute Gasteiger partial charge is 0.159 e. The summed E-state index contributed by atoms with van der Waals surface area (Å²) in [4.78, 5) is 3.66. The van der Waals surface area contributed by atoms with Gasteiger partial charge in [-0.2, -0.15) is 0 Å². The van der Waals surface area contributed by atoms with Crippen molar-refractivity contribution in [3.63, 3.8) is 0 Å². The highest BCUT2D eigenvalue weighted by Crippen LogP contribution is 2.30. The Morgan fingerprint density at radius 3 is 2.58 bits per heavy atom. The Labute approximate surface area is 115 Å². The Balaban J connectivity index is 1.72. The first-order chi connectivity index (χ1) is 9.22. The van der Waals surface area contributed by atoms with Crippen molar-refractivity contribution in [1.29, 1.82) is 0 Å². The van der Waals surface area contributed by atoms with Gasteiger partial charge in [0.1, 0.15) is 0 Å². The van der Waals surface area contributed by atoms with Gasteiger partial charge in [-0.05, 0) is 42.0 Å². The topological polar surface area (TPSA) is 3.24 Å². The van der Waals surface area contributed by atoms with E-state index in [1.807, 2.05) is 6.07 Å². The first-order valence-electron chi connectivity index (χ1n) is 6.43. The van der Waals surface area contributed by atoms with Crippen molar-refractivity contribution in [1.82, 2.24) is 4.90 Å². The van der Waals surface area contributed by atoms with Crippen LogP contribution in [0, 0.1) is 11.6 Å². The van der Waals surface area contributed by atoms with Gasteiger partial charge in [-0.15, -0.1) is 11.3 Å². The first-order valence-corrected chi connectivity index (χ1v) is 7.31. The van der Waals surface area contributed by atoms with Crippen LogP contribution in [0.1, 0.15) is 23.3 Å². The minimum atomic E-state index is -0.778. The molecule has 0 unspecified atom stereocenters. The van der Waals surface area contributed by atoms with Crippen molar-refractivity contribution in [2.45, 2.75) is 32.0 Å². The molecule has 4 heteroatoms. The Morgan fingerprint density at radius 1 is 1.11 bits per heavy atom. The molecule has 1 heterocycles. The molecule has 0 aliphatic heterocycles. The number of benzene rings is 1. The summed E-state index contributed by atoms with van der Waals surface area (Å²) in [5.74, 6) is -1.54. The number of hydrogen-bond donors (Lipinski definition) is 0. The molecule has 0 radical (unpaired) electrons. The largest absolute Gasteiger partial charge is 0.291 e. The van der Waals surface area contributed by atoms with E-state index >= 15 is 0 Å². The van der Waals surface area contributed by atoms with Crippen molar-refractivity contribution in [3.05, 3.63) is 57.8 Å². The van der Waals surface area contributed by atoms with Crippen molar-refractivity contribution in [2.75, 3.05) is 0 Å². The third-order valence-electron chi connectivity index (χ3n) is 3.37. The Morgan fingerprint density at radius 2 is 1.95 bits per heavy atom. The fraction of sp³-hybridized carbons (Fsp3) is 0.333. The summed E-state index contributed by atoms with van der Waals surface area (Å²) in [6.45, 7) is 1.57. The maximum Gasteiger partial charge on any atom is 0.159 e. The lowest BCUT2D eigenvalue weighted by atomic mass is 10.2. The van der Waals surface area contributed by atoms with Gasteiger partial charge in [0.2, 0.25) is 0 Å². The van der Waals surface area contributed by atoms with Crippen LogP contribution in [0.3, 0.4) is 0 Å².